The fraction of sp³-hybridized carbons (Fsp3) is 0.455. The first kappa shape index (κ1) is 13.1. The molecule has 0 spiro atoms. The highest BCUT2D eigenvalue weighted by atomic mass is 32.2. The second kappa shape index (κ2) is 5.41. The molecule has 0 fully saturated rings. The number of hydrogen-bond acceptors (Lipinski definition) is 2. The summed E-state index contributed by atoms with van der Waals surface area (Å²) in [5.41, 5.74) is 0.475. The summed E-state index contributed by atoms with van der Waals surface area (Å²) in [6, 6.07) is 5.67. The maximum Gasteiger partial charge on any atom is 0.218 e. The first-order valence-electron chi connectivity index (χ1n) is 5.14. The van der Waals surface area contributed by atoms with Gasteiger partial charge in [0.05, 0.1) is 5.75 Å². The number of hydrogen-bond donors (Lipinski definition) is 0. The summed E-state index contributed by atoms with van der Waals surface area (Å²) in [6.07, 6.45) is 0.763. The van der Waals surface area contributed by atoms with Gasteiger partial charge >= 0.3 is 0 Å². The van der Waals surface area contributed by atoms with Crippen LogP contribution < -0.4 is 0 Å². The third kappa shape index (κ3) is 3.57. The van der Waals surface area contributed by atoms with Crippen molar-refractivity contribution in [2.75, 3.05) is 13.6 Å². The van der Waals surface area contributed by atoms with Crippen LogP contribution in [0.5, 0.6) is 0 Å². The molecule has 0 heterocycles. The number of nitrogens with zero attached hydrogens (tertiary/aromatic N) is 1. The van der Waals surface area contributed by atoms with E-state index in [9.17, 15) is 12.8 Å². The van der Waals surface area contributed by atoms with Crippen LogP contribution in [0.2, 0.25) is 0 Å². The molecule has 0 radical (unpaired) electrons. The number of rotatable bonds is 5. The Morgan fingerprint density at radius 3 is 2.62 bits per heavy atom. The van der Waals surface area contributed by atoms with Gasteiger partial charge < -0.3 is 0 Å². The molecular weight excluding hydrogens is 229 g/mol. The zero-order chi connectivity index (χ0) is 12.2. The predicted octanol–water partition coefficient (Wildman–Crippen LogP) is 2.00. The van der Waals surface area contributed by atoms with E-state index in [1.165, 1.54) is 29.6 Å². The summed E-state index contributed by atoms with van der Waals surface area (Å²) in [4.78, 5) is 0. The van der Waals surface area contributed by atoms with Crippen LogP contribution in [0, 0.1) is 5.82 Å². The molecular formula is C11H16FNO2S. The maximum atomic E-state index is 12.9. The van der Waals surface area contributed by atoms with Gasteiger partial charge in [-0.2, -0.15) is 0 Å². The van der Waals surface area contributed by atoms with E-state index in [1.807, 2.05) is 6.92 Å². The van der Waals surface area contributed by atoms with Gasteiger partial charge in [0.1, 0.15) is 5.82 Å². The molecule has 1 rings (SSSR count). The lowest BCUT2D eigenvalue weighted by atomic mass is 10.2. The molecule has 1 aromatic carbocycles. The Kier molecular flexibility index (Phi) is 4.44. The third-order valence-corrected chi connectivity index (χ3v) is 4.08. The third-order valence-electron chi connectivity index (χ3n) is 2.25. The summed E-state index contributed by atoms with van der Waals surface area (Å²) in [5.74, 6) is -0.563. The average molecular weight is 245 g/mol. The lowest BCUT2D eigenvalue weighted by Gasteiger charge is -2.16. The van der Waals surface area contributed by atoms with Crippen LogP contribution in [-0.4, -0.2) is 26.3 Å². The van der Waals surface area contributed by atoms with Crippen molar-refractivity contribution in [3.05, 3.63) is 35.6 Å². The molecule has 0 N–H and O–H groups in total. The molecule has 1 aromatic rings. The molecule has 0 atom stereocenters. The van der Waals surface area contributed by atoms with Crippen LogP contribution in [0.25, 0.3) is 0 Å². The molecule has 0 aromatic heterocycles. The van der Waals surface area contributed by atoms with Gasteiger partial charge in [-0.25, -0.2) is 17.1 Å². The topological polar surface area (TPSA) is 37.4 Å². The molecule has 0 unspecified atom stereocenters. The highest BCUT2D eigenvalue weighted by molar-refractivity contribution is 7.88. The summed E-state index contributed by atoms with van der Waals surface area (Å²) in [6.45, 7) is 2.39. The Morgan fingerprint density at radius 1 is 1.38 bits per heavy atom. The minimum atomic E-state index is -3.33. The van der Waals surface area contributed by atoms with E-state index < -0.39 is 15.8 Å². The normalized spacial score (nSPS) is 12.0. The molecule has 90 valence electrons. The minimum absolute atomic E-state index is 0.152. The molecule has 0 saturated carbocycles. The van der Waals surface area contributed by atoms with E-state index in [2.05, 4.69) is 0 Å². The zero-order valence-electron chi connectivity index (χ0n) is 9.48. The van der Waals surface area contributed by atoms with E-state index in [0.29, 0.717) is 12.1 Å². The van der Waals surface area contributed by atoms with Gasteiger partial charge in [0.2, 0.25) is 10.0 Å². The number of sulfonamides is 1. The summed E-state index contributed by atoms with van der Waals surface area (Å²) in [5, 5.41) is 0. The van der Waals surface area contributed by atoms with Crippen molar-refractivity contribution >= 4 is 10.0 Å². The van der Waals surface area contributed by atoms with Crippen molar-refractivity contribution in [3.8, 4) is 0 Å². The van der Waals surface area contributed by atoms with Crippen molar-refractivity contribution in [1.82, 2.24) is 4.31 Å². The summed E-state index contributed by atoms with van der Waals surface area (Å²) in [7, 11) is -1.79. The van der Waals surface area contributed by atoms with Crippen LogP contribution in [0.1, 0.15) is 18.9 Å². The molecule has 5 heteroatoms. The van der Waals surface area contributed by atoms with Crippen LogP contribution in [0.4, 0.5) is 4.39 Å². The predicted molar refractivity (Wildman–Crippen MR) is 61.9 cm³/mol. The lowest BCUT2D eigenvalue weighted by Crippen LogP contribution is -2.28. The summed E-state index contributed by atoms with van der Waals surface area (Å²) >= 11 is 0. The Balaban J connectivity index is 2.80. The minimum Gasteiger partial charge on any atom is -0.212 e. The zero-order valence-corrected chi connectivity index (χ0v) is 10.3. The fourth-order valence-corrected chi connectivity index (χ4v) is 2.68. The second-order valence-corrected chi connectivity index (χ2v) is 5.78. The van der Waals surface area contributed by atoms with Crippen molar-refractivity contribution in [3.63, 3.8) is 0 Å². The van der Waals surface area contributed by atoms with Crippen LogP contribution in [-0.2, 0) is 15.8 Å². The lowest BCUT2D eigenvalue weighted by molar-refractivity contribution is 0.467. The molecule has 16 heavy (non-hydrogen) atoms. The Labute approximate surface area is 95.9 Å². The van der Waals surface area contributed by atoms with Gasteiger partial charge in [-0.05, 0) is 24.1 Å². The number of benzene rings is 1. The first-order chi connectivity index (χ1) is 7.45. The van der Waals surface area contributed by atoms with E-state index in [-0.39, 0.29) is 5.75 Å². The van der Waals surface area contributed by atoms with Crippen LogP contribution in [0.3, 0.4) is 0 Å². The summed E-state index contributed by atoms with van der Waals surface area (Å²) < 4.78 is 37.8. The van der Waals surface area contributed by atoms with E-state index in [1.54, 1.807) is 6.07 Å². The monoisotopic (exact) mass is 245 g/mol. The van der Waals surface area contributed by atoms with E-state index >= 15 is 0 Å². The van der Waals surface area contributed by atoms with E-state index in [0.717, 1.165) is 6.42 Å². The van der Waals surface area contributed by atoms with Gasteiger partial charge in [0.25, 0.3) is 0 Å². The van der Waals surface area contributed by atoms with Gasteiger partial charge in [-0.1, -0.05) is 19.1 Å². The SMILES string of the molecule is CCCN(C)S(=O)(=O)Cc1cccc(F)c1. The van der Waals surface area contributed by atoms with Crippen LogP contribution >= 0.6 is 0 Å². The van der Waals surface area contributed by atoms with Crippen molar-refractivity contribution in [2.45, 2.75) is 19.1 Å². The Morgan fingerprint density at radius 2 is 2.06 bits per heavy atom. The first-order valence-corrected chi connectivity index (χ1v) is 6.75. The molecule has 0 aliphatic rings. The molecule has 0 bridgehead atoms. The Bertz CT molecular complexity index is 445. The highest BCUT2D eigenvalue weighted by Gasteiger charge is 2.17. The molecule has 0 amide bonds. The quantitative estimate of drug-likeness (QED) is 0.795. The second-order valence-electron chi connectivity index (χ2n) is 3.71. The average Bonchev–Trinajstić information content (AvgIpc) is 2.17. The number of halogens is 1. The molecule has 3 nitrogen and oxygen atoms in total. The van der Waals surface area contributed by atoms with Gasteiger partial charge in [0, 0.05) is 13.6 Å². The standard InChI is InChI=1S/C11H16FNO2S/c1-3-7-13(2)16(14,15)9-10-5-4-6-11(12)8-10/h4-6,8H,3,7,9H2,1-2H3. The van der Waals surface area contributed by atoms with Gasteiger partial charge in [-0.15, -0.1) is 0 Å². The van der Waals surface area contributed by atoms with Crippen molar-refractivity contribution in [2.24, 2.45) is 0 Å². The highest BCUT2D eigenvalue weighted by Crippen LogP contribution is 2.11. The largest absolute Gasteiger partial charge is 0.218 e. The molecule has 0 aliphatic carbocycles. The maximum absolute atomic E-state index is 12.9. The van der Waals surface area contributed by atoms with E-state index in [4.69, 9.17) is 0 Å². The fourth-order valence-electron chi connectivity index (χ4n) is 1.40. The van der Waals surface area contributed by atoms with Crippen LogP contribution in [0.15, 0.2) is 24.3 Å². The van der Waals surface area contributed by atoms with Crippen molar-refractivity contribution < 1.29 is 12.8 Å². The van der Waals surface area contributed by atoms with Gasteiger partial charge in [0.15, 0.2) is 0 Å². The van der Waals surface area contributed by atoms with Gasteiger partial charge in [-0.3, -0.25) is 0 Å². The molecule has 0 aliphatic heterocycles. The van der Waals surface area contributed by atoms with Crippen molar-refractivity contribution in [1.29, 1.82) is 0 Å². The smallest absolute Gasteiger partial charge is 0.212 e. The molecule has 0 saturated heterocycles. The Hall–Kier alpha value is -0.940.